The minimum Gasteiger partial charge on any atom is -0.497 e. The molecular formula is C29H26ClN3O5S. The third-order valence-corrected chi connectivity index (χ3v) is 7.62. The van der Waals surface area contributed by atoms with Gasteiger partial charge in [-0.15, -0.1) is 0 Å². The summed E-state index contributed by atoms with van der Waals surface area (Å²) in [5.74, 6) is 0.582. The molecule has 4 aromatic rings. The second kappa shape index (κ2) is 12.9. The van der Waals surface area contributed by atoms with E-state index >= 15 is 0 Å². The van der Waals surface area contributed by atoms with Gasteiger partial charge >= 0.3 is 0 Å². The van der Waals surface area contributed by atoms with Crippen LogP contribution >= 0.6 is 11.6 Å². The Hall–Kier alpha value is -4.34. The van der Waals surface area contributed by atoms with Crippen LogP contribution in [-0.2, 0) is 21.4 Å². The van der Waals surface area contributed by atoms with Gasteiger partial charge in [-0.05, 0) is 83.9 Å². The number of hydrogen-bond donors (Lipinski definition) is 1. The Bertz CT molecular complexity index is 1510. The molecule has 0 aliphatic heterocycles. The summed E-state index contributed by atoms with van der Waals surface area (Å²) in [7, 11) is -2.60. The molecule has 1 amide bonds. The molecule has 0 saturated carbocycles. The van der Waals surface area contributed by atoms with Crippen molar-refractivity contribution in [2.45, 2.75) is 11.5 Å². The van der Waals surface area contributed by atoms with Crippen molar-refractivity contribution in [3.05, 3.63) is 119 Å². The van der Waals surface area contributed by atoms with E-state index in [0.717, 1.165) is 15.4 Å². The number of ether oxygens (including phenoxy) is 2. The maximum Gasteiger partial charge on any atom is 0.264 e. The number of benzene rings is 4. The number of methoxy groups -OCH3 is 1. The fourth-order valence-electron chi connectivity index (χ4n) is 3.53. The van der Waals surface area contributed by atoms with Gasteiger partial charge in [-0.2, -0.15) is 5.10 Å². The van der Waals surface area contributed by atoms with E-state index < -0.39 is 22.5 Å². The van der Waals surface area contributed by atoms with E-state index in [1.807, 2.05) is 30.3 Å². The molecule has 0 fully saturated rings. The number of hydrazone groups is 1. The number of rotatable bonds is 11. The number of sulfonamides is 1. The van der Waals surface area contributed by atoms with E-state index in [1.165, 1.54) is 49.7 Å². The summed E-state index contributed by atoms with van der Waals surface area (Å²) < 4.78 is 38.8. The second-order valence-corrected chi connectivity index (χ2v) is 10.6. The van der Waals surface area contributed by atoms with Gasteiger partial charge in [0.2, 0.25) is 0 Å². The molecule has 0 atom stereocenters. The highest BCUT2D eigenvalue weighted by atomic mass is 35.5. The molecular weight excluding hydrogens is 538 g/mol. The molecule has 39 heavy (non-hydrogen) atoms. The van der Waals surface area contributed by atoms with Gasteiger partial charge in [0.05, 0.1) is 23.9 Å². The average molecular weight is 564 g/mol. The first-order chi connectivity index (χ1) is 18.8. The summed E-state index contributed by atoms with van der Waals surface area (Å²) in [6, 6.07) is 29.1. The maximum atomic E-state index is 13.4. The predicted molar refractivity (Wildman–Crippen MR) is 152 cm³/mol. The summed E-state index contributed by atoms with van der Waals surface area (Å²) in [5.41, 5.74) is 4.46. The van der Waals surface area contributed by atoms with Crippen LogP contribution in [0.5, 0.6) is 11.5 Å². The average Bonchev–Trinajstić information content (AvgIpc) is 2.96. The molecule has 0 unspecified atom stereocenters. The first-order valence-corrected chi connectivity index (χ1v) is 13.7. The van der Waals surface area contributed by atoms with Crippen LogP contribution in [0, 0.1) is 0 Å². The molecule has 1 N–H and O–H groups in total. The molecule has 200 valence electrons. The molecule has 4 rings (SSSR count). The van der Waals surface area contributed by atoms with Gasteiger partial charge in [-0.3, -0.25) is 9.10 Å². The van der Waals surface area contributed by atoms with Gasteiger partial charge in [0.15, 0.2) is 0 Å². The molecule has 0 aliphatic rings. The normalized spacial score (nSPS) is 11.2. The van der Waals surface area contributed by atoms with Crippen LogP contribution in [0.3, 0.4) is 0 Å². The number of amides is 1. The van der Waals surface area contributed by atoms with Crippen molar-refractivity contribution in [1.29, 1.82) is 0 Å². The Morgan fingerprint density at radius 3 is 2.18 bits per heavy atom. The topological polar surface area (TPSA) is 97.3 Å². The van der Waals surface area contributed by atoms with Crippen molar-refractivity contribution in [1.82, 2.24) is 5.43 Å². The van der Waals surface area contributed by atoms with Crippen LogP contribution in [0.2, 0.25) is 5.02 Å². The summed E-state index contributed by atoms with van der Waals surface area (Å²) in [5, 5.41) is 4.41. The summed E-state index contributed by atoms with van der Waals surface area (Å²) in [6.07, 6.45) is 1.46. The quantitative estimate of drug-likeness (QED) is 0.198. The Kier molecular flexibility index (Phi) is 9.19. The highest BCUT2D eigenvalue weighted by Gasteiger charge is 2.27. The lowest BCUT2D eigenvalue weighted by Crippen LogP contribution is -2.39. The van der Waals surface area contributed by atoms with Crippen LogP contribution in [0.25, 0.3) is 0 Å². The van der Waals surface area contributed by atoms with Crippen LogP contribution < -0.4 is 19.2 Å². The number of carbonyl (C=O) groups is 1. The molecule has 0 heterocycles. The molecule has 8 nitrogen and oxygen atoms in total. The minimum absolute atomic E-state index is 0.00382. The van der Waals surface area contributed by atoms with Gasteiger partial charge in [0.25, 0.3) is 15.9 Å². The highest BCUT2D eigenvalue weighted by molar-refractivity contribution is 7.92. The van der Waals surface area contributed by atoms with E-state index in [-0.39, 0.29) is 10.6 Å². The number of nitrogens with one attached hydrogen (secondary N) is 1. The Morgan fingerprint density at radius 1 is 0.897 bits per heavy atom. The Morgan fingerprint density at radius 2 is 1.54 bits per heavy atom. The second-order valence-electron chi connectivity index (χ2n) is 8.30. The van der Waals surface area contributed by atoms with Crippen LogP contribution in [0.1, 0.15) is 11.1 Å². The molecule has 0 aliphatic carbocycles. The molecule has 4 aromatic carbocycles. The largest absolute Gasteiger partial charge is 0.497 e. The summed E-state index contributed by atoms with van der Waals surface area (Å²) in [6.45, 7) is -0.0481. The lowest BCUT2D eigenvalue weighted by molar-refractivity contribution is -0.119. The first kappa shape index (κ1) is 27.7. The smallest absolute Gasteiger partial charge is 0.264 e. The maximum absolute atomic E-state index is 13.4. The van der Waals surface area contributed by atoms with Crippen molar-refractivity contribution >= 4 is 39.4 Å². The van der Waals surface area contributed by atoms with Crippen molar-refractivity contribution in [2.75, 3.05) is 18.0 Å². The monoisotopic (exact) mass is 563 g/mol. The van der Waals surface area contributed by atoms with Gasteiger partial charge < -0.3 is 9.47 Å². The van der Waals surface area contributed by atoms with E-state index in [9.17, 15) is 13.2 Å². The standard InChI is InChI=1S/C29H26ClN3O5S/c1-37-26-15-17-28(18-16-26)39(35,36)33(25-11-9-24(30)10-12-25)20-29(34)32-31-19-22-7-13-27(14-8-22)38-21-23-5-3-2-4-6-23/h2-19H,20-21H2,1H3,(H,32,34)/b31-19-. The number of hydrogen-bond acceptors (Lipinski definition) is 6. The number of nitrogens with zero attached hydrogens (tertiary/aromatic N) is 2. The van der Waals surface area contributed by atoms with Crippen LogP contribution in [0.4, 0.5) is 5.69 Å². The van der Waals surface area contributed by atoms with E-state index in [0.29, 0.717) is 23.1 Å². The highest BCUT2D eigenvalue weighted by Crippen LogP contribution is 2.26. The molecule has 0 radical (unpaired) electrons. The zero-order valence-corrected chi connectivity index (χ0v) is 22.6. The summed E-state index contributed by atoms with van der Waals surface area (Å²) in [4.78, 5) is 12.7. The van der Waals surface area contributed by atoms with E-state index in [2.05, 4.69) is 10.5 Å². The zero-order valence-electron chi connectivity index (χ0n) is 21.0. The molecule has 10 heteroatoms. The van der Waals surface area contributed by atoms with Gasteiger partial charge in [-0.1, -0.05) is 41.9 Å². The molecule has 0 saturated heterocycles. The van der Waals surface area contributed by atoms with Crippen LogP contribution in [-0.4, -0.2) is 34.2 Å². The van der Waals surface area contributed by atoms with Crippen molar-refractivity contribution in [3.63, 3.8) is 0 Å². The van der Waals surface area contributed by atoms with Gasteiger partial charge in [0, 0.05) is 5.02 Å². The molecule has 0 aromatic heterocycles. The molecule has 0 spiro atoms. The van der Waals surface area contributed by atoms with E-state index in [4.69, 9.17) is 21.1 Å². The van der Waals surface area contributed by atoms with Crippen molar-refractivity contribution < 1.29 is 22.7 Å². The summed E-state index contributed by atoms with van der Waals surface area (Å²) >= 11 is 5.98. The fraction of sp³-hybridized carbons (Fsp3) is 0.103. The number of halogens is 1. The fourth-order valence-corrected chi connectivity index (χ4v) is 5.08. The molecule has 0 bridgehead atoms. The van der Waals surface area contributed by atoms with Gasteiger partial charge in [-0.25, -0.2) is 13.8 Å². The van der Waals surface area contributed by atoms with Crippen molar-refractivity contribution in [3.8, 4) is 11.5 Å². The minimum atomic E-state index is -4.09. The van der Waals surface area contributed by atoms with Gasteiger partial charge in [0.1, 0.15) is 24.7 Å². The van der Waals surface area contributed by atoms with Crippen LogP contribution in [0.15, 0.2) is 113 Å². The SMILES string of the molecule is COc1ccc(S(=O)(=O)N(CC(=O)N/N=C\c2ccc(OCc3ccccc3)cc2)c2ccc(Cl)cc2)cc1. The third-order valence-electron chi connectivity index (χ3n) is 5.58. The first-order valence-electron chi connectivity index (χ1n) is 11.9. The number of carbonyl (C=O) groups excluding carboxylic acids is 1. The van der Waals surface area contributed by atoms with E-state index in [1.54, 1.807) is 36.4 Å². The Labute approximate surface area is 232 Å². The number of anilines is 1. The third kappa shape index (κ3) is 7.59. The zero-order chi connectivity index (χ0) is 27.7. The Balaban J connectivity index is 1.41. The van der Waals surface area contributed by atoms with Crippen molar-refractivity contribution in [2.24, 2.45) is 5.10 Å². The predicted octanol–water partition coefficient (Wildman–Crippen LogP) is 5.27. The lowest BCUT2D eigenvalue weighted by Gasteiger charge is -2.23. The lowest BCUT2D eigenvalue weighted by atomic mass is 10.2.